The van der Waals surface area contributed by atoms with Crippen molar-refractivity contribution >= 4 is 33.7 Å². The van der Waals surface area contributed by atoms with Crippen LogP contribution in [0.4, 0.5) is 0 Å². The van der Waals surface area contributed by atoms with E-state index in [1.54, 1.807) is 4.90 Å². The molecule has 2 atom stereocenters. The molecule has 0 spiro atoms. The van der Waals surface area contributed by atoms with Crippen LogP contribution in [0.5, 0.6) is 0 Å². The molecule has 4 bridgehead atoms. The second-order valence-corrected chi connectivity index (χ2v) is 11.9. The van der Waals surface area contributed by atoms with Gasteiger partial charge < -0.3 is 15.1 Å². The second kappa shape index (κ2) is 6.71. The van der Waals surface area contributed by atoms with Gasteiger partial charge >= 0.3 is 11.8 Å². The highest BCUT2D eigenvalue weighted by atomic mass is 79.9. The zero-order chi connectivity index (χ0) is 19.5. The van der Waals surface area contributed by atoms with Crippen molar-refractivity contribution in [1.29, 1.82) is 0 Å². The summed E-state index contributed by atoms with van der Waals surface area (Å²) >= 11 is 4.03. The fourth-order valence-electron chi connectivity index (χ4n) is 6.75. The number of carbonyl (C=O) groups excluding carboxylic acids is 3. The molecule has 6 nitrogen and oxygen atoms in total. The summed E-state index contributed by atoms with van der Waals surface area (Å²) < 4.78 is 0.275. The number of amides is 3. The van der Waals surface area contributed by atoms with Gasteiger partial charge in [-0.3, -0.25) is 14.4 Å². The van der Waals surface area contributed by atoms with Crippen molar-refractivity contribution in [2.75, 3.05) is 26.2 Å². The molecule has 0 radical (unpaired) electrons. The van der Waals surface area contributed by atoms with Crippen LogP contribution in [0.25, 0.3) is 0 Å². The van der Waals surface area contributed by atoms with Crippen molar-refractivity contribution in [3.8, 4) is 0 Å². The first-order chi connectivity index (χ1) is 13.3. The average molecular weight is 452 g/mol. The lowest BCUT2D eigenvalue weighted by molar-refractivity contribution is -0.149. The molecule has 154 valence electrons. The Balaban J connectivity index is 1.15. The summed E-state index contributed by atoms with van der Waals surface area (Å²) in [5, 5.41) is 2.76. The van der Waals surface area contributed by atoms with Gasteiger partial charge in [0, 0.05) is 43.0 Å². The Morgan fingerprint density at radius 2 is 1.54 bits per heavy atom. The minimum Gasteiger partial charge on any atom is -0.345 e. The smallest absolute Gasteiger partial charge is 0.312 e. The molecule has 6 rings (SSSR count). The summed E-state index contributed by atoms with van der Waals surface area (Å²) in [6, 6.07) is 0.192. The Kier molecular flexibility index (Phi) is 4.53. The van der Waals surface area contributed by atoms with Crippen LogP contribution in [0.15, 0.2) is 0 Å². The van der Waals surface area contributed by atoms with Gasteiger partial charge in [-0.05, 0) is 68.6 Å². The Labute approximate surface area is 174 Å². The fraction of sp³-hybridized carbons (Fsp3) is 0.857. The van der Waals surface area contributed by atoms with Crippen molar-refractivity contribution < 1.29 is 14.4 Å². The van der Waals surface area contributed by atoms with Crippen LogP contribution in [-0.2, 0) is 14.4 Å². The molecule has 5 aliphatic carbocycles. The normalized spacial score (nSPS) is 39.2. The van der Waals surface area contributed by atoms with E-state index >= 15 is 0 Å². The van der Waals surface area contributed by atoms with Crippen molar-refractivity contribution in [2.45, 2.75) is 68.2 Å². The van der Waals surface area contributed by atoms with Gasteiger partial charge in [-0.1, -0.05) is 15.9 Å². The summed E-state index contributed by atoms with van der Waals surface area (Å²) in [7, 11) is 0. The lowest BCUT2D eigenvalue weighted by Gasteiger charge is -2.60. The minimum absolute atomic E-state index is 0.182. The lowest BCUT2D eigenvalue weighted by Crippen LogP contribution is -2.56. The SMILES string of the molecule is O=C(NC1CC1)C(=O)N1CCN(C(=O)CC23CC4CC(CC(Br)(C4)C2)C3)CC1. The monoisotopic (exact) mass is 451 g/mol. The number of carbonyl (C=O) groups is 3. The average Bonchev–Trinajstić information content (AvgIpc) is 3.42. The van der Waals surface area contributed by atoms with E-state index in [-0.39, 0.29) is 21.7 Å². The number of nitrogens with one attached hydrogen (secondary N) is 1. The first-order valence-corrected chi connectivity index (χ1v) is 11.7. The van der Waals surface area contributed by atoms with Crippen molar-refractivity contribution in [1.82, 2.24) is 15.1 Å². The van der Waals surface area contributed by atoms with Crippen LogP contribution in [-0.4, -0.2) is 64.1 Å². The van der Waals surface area contributed by atoms with Crippen LogP contribution in [0.1, 0.15) is 57.8 Å². The topological polar surface area (TPSA) is 69.7 Å². The van der Waals surface area contributed by atoms with E-state index in [2.05, 4.69) is 21.2 Å². The van der Waals surface area contributed by atoms with E-state index in [1.807, 2.05) is 4.90 Å². The molecule has 1 saturated heterocycles. The highest BCUT2D eigenvalue weighted by molar-refractivity contribution is 9.10. The summed E-state index contributed by atoms with van der Waals surface area (Å²) in [5.41, 5.74) is 0.182. The van der Waals surface area contributed by atoms with Gasteiger partial charge in [0.15, 0.2) is 0 Å². The number of nitrogens with zero attached hydrogens (tertiary/aromatic N) is 2. The molecule has 2 unspecified atom stereocenters. The van der Waals surface area contributed by atoms with Gasteiger partial charge in [-0.25, -0.2) is 0 Å². The predicted molar refractivity (Wildman–Crippen MR) is 108 cm³/mol. The second-order valence-electron chi connectivity index (χ2n) is 10.2. The molecule has 1 aliphatic heterocycles. The molecule has 7 heteroatoms. The Bertz CT molecular complexity index is 685. The number of hydrogen-bond donors (Lipinski definition) is 1. The highest BCUT2D eigenvalue weighted by Crippen LogP contribution is 2.65. The molecule has 6 fully saturated rings. The van der Waals surface area contributed by atoms with E-state index in [1.165, 1.54) is 32.1 Å². The summed E-state index contributed by atoms with van der Waals surface area (Å²) in [4.78, 5) is 40.8. The van der Waals surface area contributed by atoms with Gasteiger partial charge in [-0.2, -0.15) is 0 Å². The van der Waals surface area contributed by atoms with E-state index < -0.39 is 11.8 Å². The van der Waals surface area contributed by atoms with Gasteiger partial charge in [-0.15, -0.1) is 0 Å². The molecular formula is C21H30BrN3O3. The van der Waals surface area contributed by atoms with Gasteiger partial charge in [0.2, 0.25) is 5.91 Å². The molecule has 6 aliphatic rings. The van der Waals surface area contributed by atoms with E-state index in [9.17, 15) is 14.4 Å². The molecule has 5 saturated carbocycles. The molecule has 1 N–H and O–H groups in total. The number of halogens is 1. The zero-order valence-corrected chi connectivity index (χ0v) is 18.0. The van der Waals surface area contributed by atoms with Crippen LogP contribution >= 0.6 is 15.9 Å². The largest absolute Gasteiger partial charge is 0.345 e. The van der Waals surface area contributed by atoms with E-state index in [0.717, 1.165) is 31.1 Å². The molecule has 0 aromatic heterocycles. The highest BCUT2D eigenvalue weighted by Gasteiger charge is 2.57. The molecular weight excluding hydrogens is 422 g/mol. The zero-order valence-electron chi connectivity index (χ0n) is 16.4. The quantitative estimate of drug-likeness (QED) is 0.527. The molecule has 28 heavy (non-hydrogen) atoms. The van der Waals surface area contributed by atoms with Gasteiger partial charge in [0.05, 0.1) is 0 Å². The molecule has 1 heterocycles. The Morgan fingerprint density at radius 3 is 2.11 bits per heavy atom. The summed E-state index contributed by atoms with van der Waals surface area (Å²) in [5.74, 6) is 0.883. The Hall–Kier alpha value is -1.11. The van der Waals surface area contributed by atoms with Crippen LogP contribution in [0.3, 0.4) is 0 Å². The number of alkyl halides is 1. The maximum absolute atomic E-state index is 13.1. The maximum Gasteiger partial charge on any atom is 0.312 e. The molecule has 0 aromatic carbocycles. The summed E-state index contributed by atoms with van der Waals surface area (Å²) in [6.07, 6.45) is 10.1. The number of hydrogen-bond acceptors (Lipinski definition) is 3. The third kappa shape index (κ3) is 3.59. The van der Waals surface area contributed by atoms with Crippen LogP contribution < -0.4 is 5.32 Å². The van der Waals surface area contributed by atoms with Gasteiger partial charge in [0.25, 0.3) is 0 Å². The predicted octanol–water partition coefficient (Wildman–Crippen LogP) is 2.06. The summed E-state index contributed by atoms with van der Waals surface area (Å²) in [6.45, 7) is 2.01. The minimum atomic E-state index is -0.488. The first kappa shape index (κ1) is 18.9. The third-order valence-corrected chi connectivity index (χ3v) is 8.59. The third-order valence-electron chi connectivity index (χ3n) is 7.66. The number of rotatable bonds is 3. The standard InChI is InChI=1S/C21H30BrN3O3/c22-21-10-14-7-15(11-21)9-20(8-14,13-21)12-17(26)24-3-5-25(6-4-24)19(28)18(27)23-16-1-2-16/h14-16H,1-13H2,(H,23,27). The van der Waals surface area contributed by atoms with E-state index in [4.69, 9.17) is 0 Å². The van der Waals surface area contributed by atoms with Crippen LogP contribution in [0, 0.1) is 17.3 Å². The maximum atomic E-state index is 13.1. The van der Waals surface area contributed by atoms with Crippen LogP contribution in [0.2, 0.25) is 0 Å². The Morgan fingerprint density at radius 1 is 0.929 bits per heavy atom. The first-order valence-electron chi connectivity index (χ1n) is 10.9. The van der Waals surface area contributed by atoms with Crippen molar-refractivity contribution in [2.24, 2.45) is 17.3 Å². The van der Waals surface area contributed by atoms with Crippen molar-refractivity contribution in [3.63, 3.8) is 0 Å². The van der Waals surface area contributed by atoms with Crippen molar-refractivity contribution in [3.05, 3.63) is 0 Å². The van der Waals surface area contributed by atoms with E-state index in [0.29, 0.717) is 32.6 Å². The molecule has 0 aromatic rings. The fourth-order valence-corrected chi connectivity index (χ4v) is 8.26. The lowest BCUT2D eigenvalue weighted by atomic mass is 9.48. The van der Waals surface area contributed by atoms with Gasteiger partial charge in [0.1, 0.15) is 0 Å². The number of piperazine rings is 1. The molecule has 3 amide bonds.